The van der Waals surface area contributed by atoms with Crippen LogP contribution < -0.4 is 5.73 Å². The molecule has 2 heteroatoms. The van der Waals surface area contributed by atoms with Gasteiger partial charge in [0.2, 0.25) is 0 Å². The third-order valence-corrected chi connectivity index (χ3v) is 1.30. The molecule has 0 aromatic carbocycles. The molecule has 0 saturated heterocycles. The summed E-state index contributed by atoms with van der Waals surface area (Å²) in [5, 5.41) is 9.28. The zero-order valence-electron chi connectivity index (χ0n) is 7.09. The summed E-state index contributed by atoms with van der Waals surface area (Å²) in [4.78, 5) is 0. The molecule has 3 N–H and O–H groups in total. The lowest BCUT2D eigenvalue weighted by atomic mass is 10.1. The second kappa shape index (κ2) is 5.96. The third-order valence-electron chi connectivity index (χ3n) is 1.30. The lowest BCUT2D eigenvalue weighted by molar-refractivity contribution is 0.268. The van der Waals surface area contributed by atoms with Gasteiger partial charge >= 0.3 is 0 Å². The SMILES string of the molecule is CCC=C(C)C(O)C#CCN. The van der Waals surface area contributed by atoms with E-state index in [2.05, 4.69) is 11.8 Å². The zero-order valence-corrected chi connectivity index (χ0v) is 7.09. The molecule has 0 aromatic rings. The number of aliphatic hydroxyl groups is 1. The number of allylic oxidation sites excluding steroid dienone is 1. The highest BCUT2D eigenvalue weighted by Gasteiger charge is 1.98. The van der Waals surface area contributed by atoms with E-state index >= 15 is 0 Å². The van der Waals surface area contributed by atoms with E-state index in [1.54, 1.807) is 0 Å². The fourth-order valence-corrected chi connectivity index (χ4v) is 0.703. The molecule has 62 valence electrons. The highest BCUT2D eigenvalue weighted by molar-refractivity contribution is 5.19. The molecule has 0 bridgehead atoms. The van der Waals surface area contributed by atoms with Crippen LogP contribution in [0.1, 0.15) is 20.3 Å². The van der Waals surface area contributed by atoms with Crippen molar-refractivity contribution in [1.82, 2.24) is 0 Å². The summed E-state index contributed by atoms with van der Waals surface area (Å²) in [6.07, 6.45) is 2.24. The number of hydrogen-bond acceptors (Lipinski definition) is 2. The molecular formula is C9H15NO. The van der Waals surface area contributed by atoms with E-state index in [4.69, 9.17) is 5.73 Å². The van der Waals surface area contributed by atoms with Gasteiger partial charge in [0.1, 0.15) is 6.10 Å². The van der Waals surface area contributed by atoms with Crippen molar-refractivity contribution < 1.29 is 5.11 Å². The van der Waals surface area contributed by atoms with Gasteiger partial charge in [-0.2, -0.15) is 0 Å². The lowest BCUT2D eigenvalue weighted by Crippen LogP contribution is -2.05. The van der Waals surface area contributed by atoms with Gasteiger partial charge in [-0.15, -0.1) is 0 Å². The highest BCUT2D eigenvalue weighted by atomic mass is 16.3. The molecule has 0 radical (unpaired) electrons. The summed E-state index contributed by atoms with van der Waals surface area (Å²) in [6.45, 7) is 4.18. The van der Waals surface area contributed by atoms with Gasteiger partial charge in [0.25, 0.3) is 0 Å². The Bertz CT molecular complexity index is 185. The largest absolute Gasteiger partial charge is 0.376 e. The van der Waals surface area contributed by atoms with Gasteiger partial charge in [0, 0.05) is 0 Å². The van der Waals surface area contributed by atoms with Crippen molar-refractivity contribution in [1.29, 1.82) is 0 Å². The van der Waals surface area contributed by atoms with Gasteiger partial charge in [0.05, 0.1) is 6.54 Å². The van der Waals surface area contributed by atoms with Crippen LogP contribution in [0, 0.1) is 11.8 Å². The van der Waals surface area contributed by atoms with Crippen LogP contribution in [0.5, 0.6) is 0 Å². The van der Waals surface area contributed by atoms with Crippen LogP contribution in [0.4, 0.5) is 0 Å². The molecule has 0 rings (SSSR count). The topological polar surface area (TPSA) is 46.2 Å². The minimum atomic E-state index is -0.640. The average molecular weight is 153 g/mol. The number of hydrogen-bond donors (Lipinski definition) is 2. The van der Waals surface area contributed by atoms with Crippen LogP contribution in [-0.4, -0.2) is 17.8 Å². The first kappa shape index (κ1) is 10.2. The Kier molecular flexibility index (Phi) is 5.54. The Morgan fingerprint density at radius 1 is 1.73 bits per heavy atom. The number of rotatable bonds is 2. The molecule has 11 heavy (non-hydrogen) atoms. The molecule has 0 aliphatic heterocycles. The molecule has 2 nitrogen and oxygen atoms in total. The molecule has 1 atom stereocenters. The smallest absolute Gasteiger partial charge is 0.136 e. The first-order valence-corrected chi connectivity index (χ1v) is 3.75. The summed E-state index contributed by atoms with van der Waals surface area (Å²) in [6, 6.07) is 0. The van der Waals surface area contributed by atoms with Crippen molar-refractivity contribution in [2.75, 3.05) is 6.54 Å². The quantitative estimate of drug-likeness (QED) is 0.452. The predicted molar refractivity (Wildman–Crippen MR) is 46.9 cm³/mol. The van der Waals surface area contributed by atoms with Crippen molar-refractivity contribution in [3.05, 3.63) is 11.6 Å². The van der Waals surface area contributed by atoms with Crippen LogP contribution >= 0.6 is 0 Å². The first-order valence-electron chi connectivity index (χ1n) is 3.75. The van der Waals surface area contributed by atoms with E-state index in [-0.39, 0.29) is 0 Å². The molecule has 1 unspecified atom stereocenters. The maximum Gasteiger partial charge on any atom is 0.136 e. The molecule has 0 fully saturated rings. The standard InChI is InChI=1S/C9H15NO/c1-3-5-8(2)9(11)6-4-7-10/h5,9,11H,3,7,10H2,1-2H3. The van der Waals surface area contributed by atoms with Gasteiger partial charge in [-0.1, -0.05) is 24.8 Å². The van der Waals surface area contributed by atoms with E-state index in [1.807, 2.05) is 19.9 Å². The predicted octanol–water partition coefficient (Wildman–Crippen LogP) is 0.666. The van der Waals surface area contributed by atoms with Crippen LogP contribution in [0.3, 0.4) is 0 Å². The number of nitrogens with two attached hydrogens (primary N) is 1. The van der Waals surface area contributed by atoms with Crippen molar-refractivity contribution >= 4 is 0 Å². The third kappa shape index (κ3) is 4.60. The molecule has 0 aliphatic carbocycles. The van der Waals surface area contributed by atoms with E-state index in [0.29, 0.717) is 6.54 Å². The van der Waals surface area contributed by atoms with Gasteiger partial charge in [-0.05, 0) is 18.9 Å². The second-order valence-corrected chi connectivity index (χ2v) is 2.28. The van der Waals surface area contributed by atoms with E-state index in [1.165, 1.54) is 0 Å². The Morgan fingerprint density at radius 3 is 2.82 bits per heavy atom. The van der Waals surface area contributed by atoms with E-state index in [0.717, 1.165) is 12.0 Å². The summed E-state index contributed by atoms with van der Waals surface area (Å²) in [5.74, 6) is 5.25. The maximum atomic E-state index is 9.28. The molecule has 0 spiro atoms. The van der Waals surface area contributed by atoms with Gasteiger partial charge < -0.3 is 10.8 Å². The fraction of sp³-hybridized carbons (Fsp3) is 0.556. The molecule has 0 amide bonds. The first-order chi connectivity index (χ1) is 5.22. The minimum Gasteiger partial charge on any atom is -0.376 e. The highest BCUT2D eigenvalue weighted by Crippen LogP contribution is 2.00. The second-order valence-electron chi connectivity index (χ2n) is 2.28. The minimum absolute atomic E-state index is 0.302. The maximum absolute atomic E-state index is 9.28. The van der Waals surface area contributed by atoms with Gasteiger partial charge in [-0.25, -0.2) is 0 Å². The van der Waals surface area contributed by atoms with Gasteiger partial charge in [-0.3, -0.25) is 0 Å². The molecule has 0 aliphatic rings. The van der Waals surface area contributed by atoms with Crippen molar-refractivity contribution in [3.63, 3.8) is 0 Å². The van der Waals surface area contributed by atoms with Crippen LogP contribution in [0.15, 0.2) is 11.6 Å². The normalized spacial score (nSPS) is 13.6. The Balaban J connectivity index is 4.02. The molecule has 0 aromatic heterocycles. The lowest BCUT2D eigenvalue weighted by Gasteiger charge is -2.01. The summed E-state index contributed by atoms with van der Waals surface area (Å²) in [5.41, 5.74) is 6.04. The van der Waals surface area contributed by atoms with Crippen LogP contribution in [0.25, 0.3) is 0 Å². The van der Waals surface area contributed by atoms with Crippen molar-refractivity contribution in [2.24, 2.45) is 5.73 Å². The fourth-order valence-electron chi connectivity index (χ4n) is 0.703. The average Bonchev–Trinajstić information content (AvgIpc) is 2.00. The van der Waals surface area contributed by atoms with E-state index in [9.17, 15) is 5.11 Å². The van der Waals surface area contributed by atoms with Crippen molar-refractivity contribution in [3.8, 4) is 11.8 Å². The molecule has 0 saturated carbocycles. The van der Waals surface area contributed by atoms with Crippen molar-refractivity contribution in [2.45, 2.75) is 26.4 Å². The summed E-state index contributed by atoms with van der Waals surface area (Å²) >= 11 is 0. The Labute approximate surface area is 68.1 Å². The number of aliphatic hydroxyl groups excluding tert-OH is 1. The Morgan fingerprint density at radius 2 is 2.36 bits per heavy atom. The summed E-state index contributed by atoms with van der Waals surface area (Å²) in [7, 11) is 0. The van der Waals surface area contributed by atoms with Gasteiger partial charge in [0.15, 0.2) is 0 Å². The van der Waals surface area contributed by atoms with E-state index < -0.39 is 6.10 Å². The van der Waals surface area contributed by atoms with Crippen LogP contribution in [0.2, 0.25) is 0 Å². The van der Waals surface area contributed by atoms with Crippen LogP contribution in [-0.2, 0) is 0 Å². The Hall–Kier alpha value is -0.780. The zero-order chi connectivity index (χ0) is 8.69. The monoisotopic (exact) mass is 153 g/mol. The molecular weight excluding hydrogens is 138 g/mol. The summed E-state index contributed by atoms with van der Waals surface area (Å²) < 4.78 is 0. The molecule has 0 heterocycles.